The first kappa shape index (κ1) is 16.7. The highest BCUT2D eigenvalue weighted by atomic mass is 16.5. The highest BCUT2D eigenvalue weighted by molar-refractivity contribution is 5.86. The van der Waals surface area contributed by atoms with Gasteiger partial charge in [-0.05, 0) is 24.7 Å². The average Bonchev–Trinajstić information content (AvgIpc) is 2.62. The number of aliphatic hydroxyl groups is 1. The van der Waals surface area contributed by atoms with Gasteiger partial charge in [0.2, 0.25) is 0 Å². The lowest BCUT2D eigenvalue weighted by atomic mass is 9.88. The Hall–Kier alpha value is -0.650. The summed E-state index contributed by atoms with van der Waals surface area (Å²) in [4.78, 5) is 16.7. The molecule has 21 heavy (non-hydrogen) atoms. The SMILES string of the molecule is CC(C)(C)CN1CCC[C@@](O)(CN2CCCOCC2)C1=O. The molecule has 2 saturated heterocycles. The van der Waals surface area contributed by atoms with Gasteiger partial charge in [-0.3, -0.25) is 9.69 Å². The Morgan fingerprint density at radius 1 is 1.19 bits per heavy atom. The summed E-state index contributed by atoms with van der Waals surface area (Å²) in [5.74, 6) is -0.0890. The molecule has 2 aliphatic heterocycles. The van der Waals surface area contributed by atoms with Gasteiger partial charge in [0.1, 0.15) is 0 Å². The minimum absolute atomic E-state index is 0.0599. The van der Waals surface area contributed by atoms with Crippen LogP contribution in [0.25, 0.3) is 0 Å². The van der Waals surface area contributed by atoms with Crippen LogP contribution in [-0.2, 0) is 9.53 Å². The molecule has 2 heterocycles. The van der Waals surface area contributed by atoms with Crippen molar-refractivity contribution in [3.05, 3.63) is 0 Å². The molecule has 0 aromatic carbocycles. The fourth-order valence-electron chi connectivity index (χ4n) is 3.26. The zero-order chi connectivity index (χ0) is 15.5. The van der Waals surface area contributed by atoms with Gasteiger partial charge in [-0.2, -0.15) is 0 Å². The van der Waals surface area contributed by atoms with Crippen LogP contribution in [0.1, 0.15) is 40.0 Å². The molecular formula is C16H30N2O3. The Morgan fingerprint density at radius 3 is 2.67 bits per heavy atom. The molecule has 2 fully saturated rings. The second kappa shape index (κ2) is 6.63. The molecule has 5 heteroatoms. The van der Waals surface area contributed by atoms with Gasteiger partial charge in [0, 0.05) is 39.3 Å². The number of carbonyl (C=O) groups is 1. The fourth-order valence-corrected chi connectivity index (χ4v) is 3.26. The Kier molecular flexibility index (Phi) is 5.28. The Labute approximate surface area is 128 Å². The van der Waals surface area contributed by atoms with Crippen LogP contribution >= 0.6 is 0 Å². The van der Waals surface area contributed by atoms with Crippen LogP contribution in [0, 0.1) is 5.41 Å². The largest absolute Gasteiger partial charge is 0.380 e. The van der Waals surface area contributed by atoms with Crippen molar-refractivity contribution < 1.29 is 14.6 Å². The van der Waals surface area contributed by atoms with Crippen LogP contribution in [0.3, 0.4) is 0 Å². The van der Waals surface area contributed by atoms with Crippen molar-refractivity contribution in [2.75, 3.05) is 45.9 Å². The highest BCUT2D eigenvalue weighted by Crippen LogP contribution is 2.27. The summed E-state index contributed by atoms with van der Waals surface area (Å²) in [5.41, 5.74) is -1.15. The molecule has 0 bridgehead atoms. The molecule has 1 amide bonds. The molecule has 2 aliphatic rings. The van der Waals surface area contributed by atoms with Gasteiger partial charge < -0.3 is 14.7 Å². The molecule has 0 saturated carbocycles. The summed E-state index contributed by atoms with van der Waals surface area (Å²) in [6.45, 7) is 11.5. The number of hydrogen-bond donors (Lipinski definition) is 1. The number of hydrogen-bond acceptors (Lipinski definition) is 4. The third-order valence-corrected chi connectivity index (χ3v) is 4.17. The number of rotatable bonds is 3. The minimum atomic E-state index is -1.21. The van der Waals surface area contributed by atoms with E-state index in [2.05, 4.69) is 25.7 Å². The quantitative estimate of drug-likeness (QED) is 0.848. The van der Waals surface area contributed by atoms with E-state index in [-0.39, 0.29) is 11.3 Å². The third kappa shape index (κ3) is 4.66. The Bertz CT molecular complexity index is 359. The standard InChI is InChI=1S/C16H30N2O3/c1-15(2,3)12-18-8-4-6-16(20,14(18)19)13-17-7-5-10-21-11-9-17/h20H,4-13H2,1-3H3/t16-/m1/s1. The zero-order valence-electron chi connectivity index (χ0n) is 13.7. The van der Waals surface area contributed by atoms with E-state index in [1.165, 1.54) is 0 Å². The van der Waals surface area contributed by atoms with Crippen molar-refractivity contribution in [2.24, 2.45) is 5.41 Å². The van der Waals surface area contributed by atoms with E-state index in [0.717, 1.165) is 39.1 Å². The second-order valence-electron chi connectivity index (χ2n) is 7.66. The predicted octanol–water partition coefficient (Wildman–Crippen LogP) is 1.11. The molecular weight excluding hydrogens is 268 g/mol. The van der Waals surface area contributed by atoms with E-state index in [0.29, 0.717) is 26.1 Å². The van der Waals surface area contributed by atoms with E-state index in [1.54, 1.807) is 0 Å². The summed E-state index contributed by atoms with van der Waals surface area (Å²) >= 11 is 0. The lowest BCUT2D eigenvalue weighted by molar-refractivity contribution is -0.161. The summed E-state index contributed by atoms with van der Waals surface area (Å²) in [6.07, 6.45) is 2.42. The van der Waals surface area contributed by atoms with Crippen LogP contribution in [0.15, 0.2) is 0 Å². The van der Waals surface area contributed by atoms with E-state index >= 15 is 0 Å². The van der Waals surface area contributed by atoms with Crippen LogP contribution < -0.4 is 0 Å². The maximum Gasteiger partial charge on any atom is 0.255 e. The number of piperidine rings is 1. The second-order valence-corrected chi connectivity index (χ2v) is 7.66. The molecule has 0 aromatic heterocycles. The van der Waals surface area contributed by atoms with Gasteiger partial charge in [-0.15, -0.1) is 0 Å². The van der Waals surface area contributed by atoms with Gasteiger partial charge in [0.15, 0.2) is 5.60 Å². The lowest BCUT2D eigenvalue weighted by Gasteiger charge is -2.42. The molecule has 0 spiro atoms. The predicted molar refractivity (Wildman–Crippen MR) is 82.1 cm³/mol. The number of likely N-dealkylation sites (tertiary alicyclic amines) is 1. The van der Waals surface area contributed by atoms with Gasteiger partial charge in [-0.25, -0.2) is 0 Å². The normalized spacial score (nSPS) is 29.5. The van der Waals surface area contributed by atoms with Crippen molar-refractivity contribution in [3.63, 3.8) is 0 Å². The molecule has 1 atom stereocenters. The van der Waals surface area contributed by atoms with Crippen molar-refractivity contribution in [3.8, 4) is 0 Å². The zero-order valence-corrected chi connectivity index (χ0v) is 13.7. The van der Waals surface area contributed by atoms with Gasteiger partial charge in [-0.1, -0.05) is 20.8 Å². The van der Waals surface area contributed by atoms with Crippen molar-refractivity contribution in [1.29, 1.82) is 0 Å². The third-order valence-electron chi connectivity index (χ3n) is 4.17. The monoisotopic (exact) mass is 298 g/mol. The maximum atomic E-state index is 12.7. The van der Waals surface area contributed by atoms with E-state index in [4.69, 9.17) is 4.74 Å². The van der Waals surface area contributed by atoms with Crippen molar-refractivity contribution >= 4 is 5.91 Å². The van der Waals surface area contributed by atoms with Crippen LogP contribution in [0.2, 0.25) is 0 Å². The number of nitrogens with zero attached hydrogens (tertiary/aromatic N) is 2. The van der Waals surface area contributed by atoms with E-state index in [1.807, 2.05) is 4.90 Å². The first-order valence-corrected chi connectivity index (χ1v) is 8.12. The van der Waals surface area contributed by atoms with Gasteiger partial charge in [0.05, 0.1) is 6.61 Å². The first-order chi connectivity index (χ1) is 9.80. The number of amides is 1. The van der Waals surface area contributed by atoms with Crippen LogP contribution in [0.5, 0.6) is 0 Å². The van der Waals surface area contributed by atoms with E-state index in [9.17, 15) is 9.90 Å². The number of carbonyl (C=O) groups excluding carboxylic acids is 1. The molecule has 2 rings (SSSR count). The first-order valence-electron chi connectivity index (χ1n) is 8.12. The molecule has 0 radical (unpaired) electrons. The van der Waals surface area contributed by atoms with E-state index < -0.39 is 5.60 Å². The van der Waals surface area contributed by atoms with Crippen molar-refractivity contribution in [1.82, 2.24) is 9.80 Å². The Balaban J connectivity index is 2.00. The number of ether oxygens (including phenoxy) is 1. The molecule has 5 nitrogen and oxygen atoms in total. The van der Waals surface area contributed by atoms with Crippen molar-refractivity contribution in [2.45, 2.75) is 45.6 Å². The lowest BCUT2D eigenvalue weighted by Crippen LogP contribution is -2.59. The molecule has 0 aromatic rings. The molecule has 122 valence electrons. The molecule has 0 unspecified atom stereocenters. The van der Waals surface area contributed by atoms with Gasteiger partial charge in [0.25, 0.3) is 5.91 Å². The summed E-state index contributed by atoms with van der Waals surface area (Å²) < 4.78 is 5.44. The molecule has 0 aliphatic carbocycles. The minimum Gasteiger partial charge on any atom is -0.380 e. The topological polar surface area (TPSA) is 53.0 Å². The molecule has 1 N–H and O–H groups in total. The number of β-amino-alcohol motifs (C(OH)–C–C–N with tert-alkyl or cyclic N) is 1. The smallest absolute Gasteiger partial charge is 0.255 e. The van der Waals surface area contributed by atoms with Crippen LogP contribution in [-0.4, -0.2) is 72.4 Å². The fraction of sp³-hybridized carbons (Fsp3) is 0.938. The average molecular weight is 298 g/mol. The van der Waals surface area contributed by atoms with Gasteiger partial charge >= 0.3 is 0 Å². The summed E-state index contributed by atoms with van der Waals surface area (Å²) in [5, 5.41) is 10.9. The Morgan fingerprint density at radius 2 is 1.95 bits per heavy atom. The highest BCUT2D eigenvalue weighted by Gasteiger charge is 2.44. The summed E-state index contributed by atoms with van der Waals surface area (Å²) in [7, 11) is 0. The summed E-state index contributed by atoms with van der Waals surface area (Å²) in [6, 6.07) is 0. The van der Waals surface area contributed by atoms with Crippen LogP contribution in [0.4, 0.5) is 0 Å². The maximum absolute atomic E-state index is 12.7.